The Morgan fingerprint density at radius 2 is 1.93 bits per heavy atom. The van der Waals surface area contributed by atoms with Gasteiger partial charge in [-0.3, -0.25) is 0 Å². The summed E-state index contributed by atoms with van der Waals surface area (Å²) in [6.45, 7) is 1.89. The monoisotopic (exact) mass is 443 g/mol. The molecular formula is C17H17ClF3N7S. The van der Waals surface area contributed by atoms with Crippen LogP contribution in [0.3, 0.4) is 0 Å². The molecule has 3 aromatic heterocycles. The molecule has 2 atom stereocenters. The first-order valence-electron chi connectivity index (χ1n) is 9.26. The summed E-state index contributed by atoms with van der Waals surface area (Å²) in [6, 6.07) is 1.72. The van der Waals surface area contributed by atoms with Crippen molar-refractivity contribution in [3.8, 4) is 0 Å². The number of nitrogens with one attached hydrogen (secondary N) is 1. The summed E-state index contributed by atoms with van der Waals surface area (Å²) in [5.74, 6) is 1.07. The number of aryl methyl sites for hydroxylation is 1. The molecule has 2 unspecified atom stereocenters. The smallest absolute Gasteiger partial charge is 0.350 e. The largest absolute Gasteiger partial charge is 0.417 e. The number of hydrogen-bond acceptors (Lipinski definition) is 7. The molecule has 0 saturated carbocycles. The van der Waals surface area contributed by atoms with Crippen molar-refractivity contribution in [1.82, 2.24) is 24.0 Å². The first-order valence-corrected chi connectivity index (χ1v) is 10.4. The highest BCUT2D eigenvalue weighted by Gasteiger charge is 2.42. The summed E-state index contributed by atoms with van der Waals surface area (Å²) >= 11 is 7.43. The van der Waals surface area contributed by atoms with Crippen molar-refractivity contribution in [2.24, 2.45) is 0 Å². The third-order valence-electron chi connectivity index (χ3n) is 5.52. The Bertz CT molecular complexity index is 1050. The molecule has 0 spiro atoms. The summed E-state index contributed by atoms with van der Waals surface area (Å²) in [6.07, 6.45) is 0.343. The topological polar surface area (TPSA) is 71.2 Å². The van der Waals surface area contributed by atoms with Crippen LogP contribution in [-0.4, -0.2) is 42.1 Å². The zero-order valence-electron chi connectivity index (χ0n) is 15.3. The third kappa shape index (κ3) is 3.39. The second-order valence-corrected chi connectivity index (χ2v) is 8.64. The maximum atomic E-state index is 13.0. The summed E-state index contributed by atoms with van der Waals surface area (Å²) in [4.78, 5) is 11.2. The van der Waals surface area contributed by atoms with Gasteiger partial charge in [0.05, 0.1) is 10.6 Å². The molecule has 0 radical (unpaired) electrons. The van der Waals surface area contributed by atoms with Crippen molar-refractivity contribution in [1.29, 1.82) is 0 Å². The molecule has 0 amide bonds. The molecule has 0 aliphatic carbocycles. The Morgan fingerprint density at radius 1 is 1.21 bits per heavy atom. The normalized spacial score (nSPS) is 24.4. The van der Waals surface area contributed by atoms with Crippen LogP contribution in [-0.2, 0) is 6.18 Å². The molecular weight excluding hydrogens is 427 g/mol. The number of nitrogens with zero attached hydrogens (tertiary/aromatic N) is 6. The number of piperidine rings is 1. The lowest BCUT2D eigenvalue weighted by Gasteiger charge is -2.38. The van der Waals surface area contributed by atoms with Gasteiger partial charge in [0.15, 0.2) is 5.65 Å². The van der Waals surface area contributed by atoms with E-state index in [4.69, 9.17) is 11.6 Å². The second kappa shape index (κ2) is 6.69. The second-order valence-electron chi connectivity index (χ2n) is 7.51. The van der Waals surface area contributed by atoms with Crippen molar-refractivity contribution in [2.75, 3.05) is 10.2 Å². The zero-order chi connectivity index (χ0) is 20.3. The van der Waals surface area contributed by atoms with Crippen LogP contribution < -0.4 is 10.2 Å². The van der Waals surface area contributed by atoms with Gasteiger partial charge >= 0.3 is 6.18 Å². The molecule has 2 aliphatic heterocycles. The third-order valence-corrected chi connectivity index (χ3v) is 6.62. The predicted octanol–water partition coefficient (Wildman–Crippen LogP) is 4.17. The van der Waals surface area contributed by atoms with E-state index in [2.05, 4.69) is 29.7 Å². The SMILES string of the molecule is Cc1nsc(N2C3CCC2CC(Nc2nc4c(Cl)cc(C(F)(F)F)cn4n2)C3)n1. The lowest BCUT2D eigenvalue weighted by Crippen LogP contribution is -2.47. The molecule has 0 aromatic carbocycles. The lowest BCUT2D eigenvalue weighted by atomic mass is 9.98. The van der Waals surface area contributed by atoms with Crippen LogP contribution in [0, 0.1) is 6.92 Å². The van der Waals surface area contributed by atoms with Crippen molar-refractivity contribution >= 4 is 39.9 Å². The number of fused-ring (bicyclic) bond motifs is 3. The van der Waals surface area contributed by atoms with Crippen LogP contribution in [0.2, 0.25) is 5.02 Å². The fourth-order valence-corrected chi connectivity index (χ4v) is 5.41. The first-order chi connectivity index (χ1) is 13.8. The van der Waals surface area contributed by atoms with Crippen LogP contribution in [0.1, 0.15) is 37.1 Å². The van der Waals surface area contributed by atoms with E-state index in [9.17, 15) is 13.2 Å². The minimum atomic E-state index is -4.49. The molecule has 7 nitrogen and oxygen atoms in total. The number of pyridine rings is 1. The summed E-state index contributed by atoms with van der Waals surface area (Å²) in [5.41, 5.74) is -0.655. The van der Waals surface area contributed by atoms with Gasteiger partial charge < -0.3 is 10.2 Å². The van der Waals surface area contributed by atoms with Gasteiger partial charge in [0, 0.05) is 35.9 Å². The van der Waals surface area contributed by atoms with E-state index < -0.39 is 11.7 Å². The highest BCUT2D eigenvalue weighted by molar-refractivity contribution is 7.09. The van der Waals surface area contributed by atoms with E-state index in [1.165, 1.54) is 11.5 Å². The molecule has 2 saturated heterocycles. The van der Waals surface area contributed by atoms with Gasteiger partial charge in [-0.1, -0.05) is 11.6 Å². The van der Waals surface area contributed by atoms with Crippen molar-refractivity contribution in [3.63, 3.8) is 0 Å². The van der Waals surface area contributed by atoms with Gasteiger partial charge in [-0.2, -0.15) is 22.5 Å². The molecule has 2 fully saturated rings. The van der Waals surface area contributed by atoms with Crippen molar-refractivity contribution in [3.05, 3.63) is 28.7 Å². The van der Waals surface area contributed by atoms with Crippen LogP contribution in [0.4, 0.5) is 24.3 Å². The van der Waals surface area contributed by atoms with E-state index >= 15 is 0 Å². The fraction of sp³-hybridized carbons (Fsp3) is 0.529. The Hall–Kier alpha value is -2.14. The van der Waals surface area contributed by atoms with Crippen molar-refractivity contribution in [2.45, 2.75) is 56.9 Å². The van der Waals surface area contributed by atoms with Gasteiger partial charge in [-0.05, 0) is 38.7 Å². The van der Waals surface area contributed by atoms with Gasteiger partial charge in [-0.25, -0.2) is 9.50 Å². The number of aromatic nitrogens is 5. The summed E-state index contributed by atoms with van der Waals surface area (Å²) < 4.78 is 44.4. The Morgan fingerprint density at radius 3 is 2.55 bits per heavy atom. The van der Waals surface area contributed by atoms with Crippen LogP contribution in [0.15, 0.2) is 12.3 Å². The molecule has 1 N–H and O–H groups in total. The summed E-state index contributed by atoms with van der Waals surface area (Å²) in [5, 5.41) is 8.34. The van der Waals surface area contributed by atoms with Gasteiger partial charge in [-0.15, -0.1) is 5.10 Å². The van der Waals surface area contributed by atoms with E-state index in [0.29, 0.717) is 12.1 Å². The van der Waals surface area contributed by atoms with Crippen LogP contribution >= 0.6 is 23.1 Å². The van der Waals surface area contributed by atoms with Gasteiger partial charge in [0.1, 0.15) is 5.82 Å². The predicted molar refractivity (Wildman–Crippen MR) is 104 cm³/mol. The average Bonchev–Trinajstić information content (AvgIpc) is 3.30. The molecule has 5 rings (SSSR count). The lowest BCUT2D eigenvalue weighted by molar-refractivity contribution is -0.137. The van der Waals surface area contributed by atoms with Crippen LogP contribution in [0.25, 0.3) is 5.65 Å². The maximum Gasteiger partial charge on any atom is 0.417 e. The zero-order valence-corrected chi connectivity index (χ0v) is 16.9. The average molecular weight is 444 g/mol. The summed E-state index contributed by atoms with van der Waals surface area (Å²) in [7, 11) is 0. The minimum Gasteiger partial charge on any atom is -0.350 e. The quantitative estimate of drug-likeness (QED) is 0.655. The van der Waals surface area contributed by atoms with E-state index in [0.717, 1.165) is 53.4 Å². The number of hydrogen-bond donors (Lipinski definition) is 1. The Kier molecular flexibility index (Phi) is 4.35. The Labute approximate surface area is 173 Å². The molecule has 2 bridgehead atoms. The number of rotatable bonds is 3. The first kappa shape index (κ1) is 18.9. The number of anilines is 2. The van der Waals surface area contributed by atoms with E-state index in [-0.39, 0.29) is 22.7 Å². The standard InChI is InChI=1S/C17H17ClF3N7S/c1-8-22-16(29-26-8)28-11-2-3-12(28)6-10(5-11)23-15-24-14-13(18)4-9(17(19,20)21)7-27(14)25-15/h4,7,10-12H,2-3,5-6H2,1H3,(H,23,25). The molecule has 3 aromatic rings. The number of halogens is 4. The highest BCUT2D eigenvalue weighted by atomic mass is 35.5. The van der Waals surface area contributed by atoms with Gasteiger partial charge in [0.25, 0.3) is 0 Å². The minimum absolute atomic E-state index is 0.0816. The molecule has 2 aliphatic rings. The van der Waals surface area contributed by atoms with Crippen LogP contribution in [0.5, 0.6) is 0 Å². The molecule has 5 heterocycles. The fourth-order valence-electron chi connectivity index (χ4n) is 4.34. The molecule has 29 heavy (non-hydrogen) atoms. The van der Waals surface area contributed by atoms with Crippen molar-refractivity contribution < 1.29 is 13.2 Å². The van der Waals surface area contributed by atoms with E-state index in [1.54, 1.807) is 0 Å². The number of alkyl halides is 3. The van der Waals surface area contributed by atoms with E-state index in [1.807, 2.05) is 6.92 Å². The van der Waals surface area contributed by atoms with Gasteiger partial charge in [0.2, 0.25) is 11.1 Å². The molecule has 12 heteroatoms. The maximum absolute atomic E-state index is 13.0. The molecule has 154 valence electrons. The Balaban J connectivity index is 1.35. The highest BCUT2D eigenvalue weighted by Crippen LogP contribution is 2.40.